The predicted molar refractivity (Wildman–Crippen MR) is 74.7 cm³/mol. The highest BCUT2D eigenvalue weighted by atomic mass is 16.4. The number of nitrogens with zero attached hydrogens (tertiary/aromatic N) is 1. The third-order valence-electron chi connectivity index (χ3n) is 4.10. The van der Waals surface area contributed by atoms with Crippen LogP contribution in [-0.4, -0.2) is 39.3 Å². The monoisotopic (exact) mass is 279 g/mol. The van der Waals surface area contributed by atoms with Crippen molar-refractivity contribution in [1.82, 2.24) is 4.90 Å². The molecule has 0 spiro atoms. The number of likely N-dealkylation sites (tertiary alicyclic amines) is 1. The van der Waals surface area contributed by atoms with Crippen LogP contribution in [0.1, 0.15) is 37.8 Å². The lowest BCUT2D eigenvalue weighted by Crippen LogP contribution is -2.24. The van der Waals surface area contributed by atoms with E-state index < -0.39 is 5.97 Å². The van der Waals surface area contributed by atoms with Gasteiger partial charge in [-0.1, -0.05) is 6.07 Å². The Labute approximate surface area is 118 Å². The van der Waals surface area contributed by atoms with Crippen molar-refractivity contribution in [2.24, 2.45) is 5.92 Å². The van der Waals surface area contributed by atoms with E-state index in [0.717, 1.165) is 25.1 Å². The average Bonchev–Trinajstić information content (AvgIpc) is 2.84. The number of aliphatic carboxylic acids is 1. The summed E-state index contributed by atoms with van der Waals surface area (Å²) < 4.78 is 0. The SMILES string of the molecule is CC(c1ccc(O)cc1O)N1CCC(CCC(=O)O)C1. The maximum Gasteiger partial charge on any atom is 0.303 e. The van der Waals surface area contributed by atoms with Crippen LogP contribution in [0.15, 0.2) is 18.2 Å². The highest BCUT2D eigenvalue weighted by Gasteiger charge is 2.28. The smallest absolute Gasteiger partial charge is 0.303 e. The van der Waals surface area contributed by atoms with Crippen molar-refractivity contribution in [3.05, 3.63) is 23.8 Å². The number of rotatable bonds is 5. The zero-order valence-electron chi connectivity index (χ0n) is 11.6. The van der Waals surface area contributed by atoms with E-state index in [0.29, 0.717) is 12.3 Å². The minimum absolute atomic E-state index is 0.0548. The van der Waals surface area contributed by atoms with Gasteiger partial charge in [0, 0.05) is 30.6 Å². The standard InChI is InChI=1S/C15H21NO4/c1-10(13-4-3-12(17)8-14(13)18)16-7-6-11(9-16)2-5-15(19)20/h3-4,8,10-11,17-18H,2,5-7,9H2,1H3,(H,19,20). The maximum atomic E-state index is 10.6. The minimum Gasteiger partial charge on any atom is -0.508 e. The molecule has 5 nitrogen and oxygen atoms in total. The van der Waals surface area contributed by atoms with Crippen molar-refractivity contribution >= 4 is 5.97 Å². The van der Waals surface area contributed by atoms with Crippen LogP contribution in [0.3, 0.4) is 0 Å². The Bertz CT molecular complexity index is 489. The molecule has 1 heterocycles. The Hall–Kier alpha value is -1.75. The summed E-state index contributed by atoms with van der Waals surface area (Å²) in [6, 6.07) is 4.72. The molecule has 1 fully saturated rings. The van der Waals surface area contributed by atoms with Gasteiger partial charge in [-0.3, -0.25) is 9.69 Å². The molecule has 1 aromatic carbocycles. The number of carboxylic acids is 1. The number of hydrogen-bond donors (Lipinski definition) is 3. The molecule has 5 heteroatoms. The van der Waals surface area contributed by atoms with Gasteiger partial charge in [0.05, 0.1) is 0 Å². The zero-order chi connectivity index (χ0) is 14.7. The van der Waals surface area contributed by atoms with Crippen molar-refractivity contribution in [2.45, 2.75) is 32.2 Å². The fourth-order valence-electron chi connectivity index (χ4n) is 2.86. The average molecular weight is 279 g/mol. The molecule has 0 amide bonds. The second-order valence-electron chi connectivity index (χ2n) is 5.50. The Kier molecular flexibility index (Phi) is 4.49. The molecule has 1 aliphatic rings. The summed E-state index contributed by atoms with van der Waals surface area (Å²) in [5, 5.41) is 27.9. The zero-order valence-corrected chi connectivity index (χ0v) is 11.6. The van der Waals surface area contributed by atoms with Crippen molar-refractivity contribution in [3.63, 3.8) is 0 Å². The first-order valence-corrected chi connectivity index (χ1v) is 6.95. The van der Waals surface area contributed by atoms with Gasteiger partial charge >= 0.3 is 5.97 Å². The molecule has 1 aromatic rings. The lowest BCUT2D eigenvalue weighted by Gasteiger charge is -2.25. The molecule has 0 aromatic heterocycles. The number of phenolic OH excluding ortho intramolecular Hbond substituents is 2. The normalized spacial score (nSPS) is 20.9. The first-order chi connectivity index (χ1) is 9.47. The summed E-state index contributed by atoms with van der Waals surface area (Å²) >= 11 is 0. The molecule has 0 radical (unpaired) electrons. The number of carbonyl (C=O) groups is 1. The fraction of sp³-hybridized carbons (Fsp3) is 0.533. The first-order valence-electron chi connectivity index (χ1n) is 6.95. The second-order valence-corrected chi connectivity index (χ2v) is 5.50. The summed E-state index contributed by atoms with van der Waals surface area (Å²) in [6.07, 6.45) is 1.92. The Morgan fingerprint density at radius 2 is 2.20 bits per heavy atom. The van der Waals surface area contributed by atoms with Gasteiger partial charge in [-0.05, 0) is 38.3 Å². The van der Waals surface area contributed by atoms with Crippen molar-refractivity contribution in [3.8, 4) is 11.5 Å². The predicted octanol–water partition coefficient (Wildman–Crippen LogP) is 2.35. The second kappa shape index (κ2) is 6.13. The van der Waals surface area contributed by atoms with Crippen molar-refractivity contribution in [1.29, 1.82) is 0 Å². The van der Waals surface area contributed by atoms with Crippen molar-refractivity contribution < 1.29 is 20.1 Å². The van der Waals surface area contributed by atoms with E-state index in [1.807, 2.05) is 6.92 Å². The van der Waals surface area contributed by atoms with Gasteiger partial charge in [0.25, 0.3) is 0 Å². The maximum absolute atomic E-state index is 10.6. The summed E-state index contributed by atoms with van der Waals surface area (Å²) in [7, 11) is 0. The summed E-state index contributed by atoms with van der Waals surface area (Å²) in [5.41, 5.74) is 0.793. The highest BCUT2D eigenvalue weighted by Crippen LogP contribution is 2.34. The van der Waals surface area contributed by atoms with Crippen LogP contribution in [0, 0.1) is 5.92 Å². The van der Waals surface area contributed by atoms with Crippen LogP contribution in [0.2, 0.25) is 0 Å². The van der Waals surface area contributed by atoms with Gasteiger partial charge in [0.1, 0.15) is 11.5 Å². The third-order valence-corrected chi connectivity index (χ3v) is 4.10. The van der Waals surface area contributed by atoms with Crippen LogP contribution in [0.5, 0.6) is 11.5 Å². The van der Waals surface area contributed by atoms with Crippen LogP contribution < -0.4 is 0 Å². The van der Waals surface area contributed by atoms with Crippen LogP contribution >= 0.6 is 0 Å². The van der Waals surface area contributed by atoms with Crippen LogP contribution in [-0.2, 0) is 4.79 Å². The number of hydrogen-bond acceptors (Lipinski definition) is 4. The Morgan fingerprint density at radius 1 is 1.45 bits per heavy atom. The van der Waals surface area contributed by atoms with Gasteiger partial charge in [-0.25, -0.2) is 0 Å². The fourth-order valence-corrected chi connectivity index (χ4v) is 2.86. The quantitative estimate of drug-likeness (QED) is 0.771. The van der Waals surface area contributed by atoms with E-state index in [2.05, 4.69) is 4.90 Å². The van der Waals surface area contributed by atoms with Gasteiger partial charge in [-0.2, -0.15) is 0 Å². The molecular formula is C15H21NO4. The van der Waals surface area contributed by atoms with E-state index in [-0.39, 0.29) is 24.0 Å². The lowest BCUT2D eigenvalue weighted by molar-refractivity contribution is -0.137. The van der Waals surface area contributed by atoms with E-state index in [1.165, 1.54) is 6.07 Å². The largest absolute Gasteiger partial charge is 0.508 e. The number of benzene rings is 1. The summed E-state index contributed by atoms with van der Waals surface area (Å²) in [4.78, 5) is 12.8. The molecule has 3 N–H and O–H groups in total. The highest BCUT2D eigenvalue weighted by molar-refractivity contribution is 5.66. The van der Waals surface area contributed by atoms with E-state index in [4.69, 9.17) is 5.11 Å². The van der Waals surface area contributed by atoms with Gasteiger partial charge < -0.3 is 15.3 Å². The molecule has 0 bridgehead atoms. The lowest BCUT2D eigenvalue weighted by atomic mass is 10.0. The van der Waals surface area contributed by atoms with Crippen LogP contribution in [0.4, 0.5) is 0 Å². The van der Waals surface area contributed by atoms with Gasteiger partial charge in [0.15, 0.2) is 0 Å². The van der Waals surface area contributed by atoms with Gasteiger partial charge in [-0.15, -0.1) is 0 Å². The molecule has 2 atom stereocenters. The molecule has 1 saturated heterocycles. The Morgan fingerprint density at radius 3 is 2.85 bits per heavy atom. The molecule has 2 unspecified atom stereocenters. The van der Waals surface area contributed by atoms with Crippen molar-refractivity contribution in [2.75, 3.05) is 13.1 Å². The summed E-state index contributed by atoms with van der Waals surface area (Å²) in [6.45, 7) is 3.78. The molecule has 2 rings (SSSR count). The van der Waals surface area contributed by atoms with E-state index in [1.54, 1.807) is 12.1 Å². The number of aromatic hydroxyl groups is 2. The molecule has 110 valence electrons. The molecule has 0 saturated carbocycles. The Balaban J connectivity index is 1.97. The number of phenols is 2. The number of carboxylic acid groups (broad SMARTS) is 1. The molecule has 1 aliphatic heterocycles. The first kappa shape index (κ1) is 14.7. The molecular weight excluding hydrogens is 258 g/mol. The van der Waals surface area contributed by atoms with E-state index >= 15 is 0 Å². The van der Waals surface area contributed by atoms with Gasteiger partial charge in [0.2, 0.25) is 0 Å². The van der Waals surface area contributed by atoms with Crippen LogP contribution in [0.25, 0.3) is 0 Å². The topological polar surface area (TPSA) is 81.0 Å². The molecule has 0 aliphatic carbocycles. The van der Waals surface area contributed by atoms with E-state index in [9.17, 15) is 15.0 Å². The summed E-state index contributed by atoms with van der Waals surface area (Å²) in [5.74, 6) is -0.175. The molecule has 20 heavy (non-hydrogen) atoms. The third kappa shape index (κ3) is 3.42. The minimum atomic E-state index is -0.743.